The van der Waals surface area contributed by atoms with Gasteiger partial charge in [0.15, 0.2) is 0 Å². The molecule has 2 unspecified atom stereocenters. The van der Waals surface area contributed by atoms with E-state index in [1.807, 2.05) is 0 Å². The van der Waals surface area contributed by atoms with Crippen molar-refractivity contribution in [2.24, 2.45) is 0 Å². The van der Waals surface area contributed by atoms with Crippen molar-refractivity contribution in [1.82, 2.24) is 4.90 Å². The van der Waals surface area contributed by atoms with Crippen LogP contribution in [-0.2, 0) is 4.79 Å². The van der Waals surface area contributed by atoms with E-state index in [1.54, 1.807) is 17.0 Å². The van der Waals surface area contributed by atoms with Crippen LogP contribution in [0.1, 0.15) is 31.1 Å². The number of likely N-dealkylation sites (tertiary alicyclic amines) is 1. The van der Waals surface area contributed by atoms with E-state index >= 15 is 0 Å². The maximum Gasteiger partial charge on any atom is 0.397 e. The van der Waals surface area contributed by atoms with E-state index in [2.05, 4.69) is 0 Å². The maximum absolute atomic E-state index is 12.1. The molecule has 2 atom stereocenters. The van der Waals surface area contributed by atoms with Gasteiger partial charge in [-0.2, -0.15) is 13.2 Å². The van der Waals surface area contributed by atoms with Gasteiger partial charge in [0.25, 0.3) is 0 Å². The second-order valence-electron chi connectivity index (χ2n) is 5.26. The fourth-order valence-electron chi connectivity index (χ4n) is 2.60. The van der Waals surface area contributed by atoms with E-state index < -0.39 is 18.0 Å². The summed E-state index contributed by atoms with van der Waals surface area (Å²) in [7, 11) is 0. The van der Waals surface area contributed by atoms with E-state index in [4.69, 9.17) is 4.42 Å². The molecule has 1 aliphatic heterocycles. The maximum atomic E-state index is 12.1. The number of aliphatic hydroxyl groups is 1. The summed E-state index contributed by atoms with van der Waals surface area (Å²) in [5.41, 5.74) is 0. The van der Waals surface area contributed by atoms with Gasteiger partial charge in [-0.05, 0) is 25.0 Å². The quantitative estimate of drug-likeness (QED) is 0.867. The minimum Gasteiger partial charge on any atom is -0.467 e. The highest BCUT2D eigenvalue weighted by molar-refractivity contribution is 8.00. The smallest absolute Gasteiger partial charge is 0.397 e. The number of carbonyl (C=O) groups is 1. The molecule has 1 amide bonds. The lowest BCUT2D eigenvalue weighted by Crippen LogP contribution is -2.37. The van der Waals surface area contributed by atoms with Crippen LogP contribution in [0.4, 0.5) is 13.2 Å². The summed E-state index contributed by atoms with van der Waals surface area (Å²) in [6, 6.07) is 3.17. The van der Waals surface area contributed by atoms with Gasteiger partial charge >= 0.3 is 6.18 Å². The monoisotopic (exact) mass is 337 g/mol. The van der Waals surface area contributed by atoms with Crippen molar-refractivity contribution in [2.75, 3.05) is 18.1 Å². The van der Waals surface area contributed by atoms with E-state index in [0.29, 0.717) is 30.5 Å². The molecule has 0 aliphatic carbocycles. The van der Waals surface area contributed by atoms with Crippen LogP contribution >= 0.6 is 11.8 Å². The highest BCUT2D eigenvalue weighted by Crippen LogP contribution is 2.28. The summed E-state index contributed by atoms with van der Waals surface area (Å²) < 4.78 is 41.4. The van der Waals surface area contributed by atoms with Gasteiger partial charge in [-0.25, -0.2) is 0 Å². The average molecular weight is 337 g/mol. The predicted molar refractivity (Wildman–Crippen MR) is 76.4 cm³/mol. The van der Waals surface area contributed by atoms with Crippen LogP contribution in [0, 0.1) is 0 Å². The number of halogens is 3. The Bertz CT molecular complexity index is 478. The molecule has 8 heteroatoms. The standard InChI is InChI=1S/C14H18F3NO3S/c15-14(16,17)9-22-8-13(20)18-5-1-3-10(18)7-11(19)12-4-2-6-21-12/h2,4,6,10-11,19H,1,3,5,7-9H2. The molecule has 0 spiro atoms. The van der Waals surface area contributed by atoms with Crippen LogP contribution in [-0.4, -0.2) is 46.2 Å². The number of carbonyl (C=O) groups excluding carboxylic acids is 1. The third kappa shape index (κ3) is 4.95. The largest absolute Gasteiger partial charge is 0.467 e. The molecule has 1 N–H and O–H groups in total. The molecular weight excluding hydrogens is 319 g/mol. The van der Waals surface area contributed by atoms with E-state index in [0.717, 1.165) is 12.8 Å². The van der Waals surface area contributed by atoms with E-state index in [9.17, 15) is 23.1 Å². The summed E-state index contributed by atoms with van der Waals surface area (Å²) in [6.07, 6.45) is -1.73. The molecule has 2 rings (SSSR count). The molecule has 22 heavy (non-hydrogen) atoms. The van der Waals surface area contributed by atoms with Crippen molar-refractivity contribution < 1.29 is 27.5 Å². The van der Waals surface area contributed by atoms with Gasteiger partial charge in [-0.3, -0.25) is 4.79 Å². The summed E-state index contributed by atoms with van der Waals surface area (Å²) in [6.45, 7) is 0.529. The predicted octanol–water partition coefficient (Wildman–Crippen LogP) is 2.99. The van der Waals surface area contributed by atoms with Gasteiger partial charge in [0.1, 0.15) is 11.9 Å². The summed E-state index contributed by atoms with van der Waals surface area (Å²) in [4.78, 5) is 13.6. The fourth-order valence-corrected chi connectivity index (χ4v) is 3.27. The molecule has 1 aromatic heterocycles. The fraction of sp³-hybridized carbons (Fsp3) is 0.643. The zero-order valence-corrected chi connectivity index (χ0v) is 12.7. The number of hydrogen-bond donors (Lipinski definition) is 1. The van der Waals surface area contributed by atoms with Crippen molar-refractivity contribution in [3.63, 3.8) is 0 Å². The number of aliphatic hydroxyl groups excluding tert-OH is 1. The first-order valence-corrected chi connectivity index (χ1v) is 8.18. The highest BCUT2D eigenvalue weighted by atomic mass is 32.2. The molecule has 4 nitrogen and oxygen atoms in total. The summed E-state index contributed by atoms with van der Waals surface area (Å²) in [5, 5.41) is 10.1. The summed E-state index contributed by atoms with van der Waals surface area (Å²) in [5.74, 6) is -1.08. The lowest BCUT2D eigenvalue weighted by Gasteiger charge is -2.26. The Morgan fingerprint density at radius 1 is 1.55 bits per heavy atom. The Kier molecular flexibility index (Phi) is 5.80. The first kappa shape index (κ1) is 17.2. The molecule has 0 saturated carbocycles. The minimum atomic E-state index is -4.26. The number of rotatable bonds is 6. The molecule has 0 bridgehead atoms. The molecule has 2 heterocycles. The Balaban J connectivity index is 1.83. The van der Waals surface area contributed by atoms with Crippen LogP contribution in [0.3, 0.4) is 0 Å². The summed E-state index contributed by atoms with van der Waals surface area (Å²) >= 11 is 0.577. The first-order valence-electron chi connectivity index (χ1n) is 7.02. The Morgan fingerprint density at radius 3 is 2.95 bits per heavy atom. The van der Waals surface area contributed by atoms with E-state index in [-0.39, 0.29) is 17.7 Å². The second kappa shape index (κ2) is 7.41. The number of alkyl halides is 3. The minimum absolute atomic E-state index is 0.154. The van der Waals surface area contributed by atoms with Gasteiger partial charge in [0, 0.05) is 19.0 Å². The Hall–Kier alpha value is -1.15. The van der Waals surface area contributed by atoms with Crippen LogP contribution in [0.2, 0.25) is 0 Å². The number of hydrogen-bond acceptors (Lipinski definition) is 4. The van der Waals surface area contributed by atoms with Crippen molar-refractivity contribution >= 4 is 17.7 Å². The van der Waals surface area contributed by atoms with Crippen molar-refractivity contribution in [1.29, 1.82) is 0 Å². The van der Waals surface area contributed by atoms with Gasteiger partial charge in [0.2, 0.25) is 5.91 Å². The third-order valence-electron chi connectivity index (χ3n) is 3.56. The first-order chi connectivity index (χ1) is 10.4. The molecule has 1 saturated heterocycles. The Labute approximate surface area is 130 Å². The number of thioether (sulfide) groups is 1. The topological polar surface area (TPSA) is 53.7 Å². The van der Waals surface area contributed by atoms with Gasteiger partial charge in [-0.15, -0.1) is 11.8 Å². The molecular formula is C14H18F3NO3S. The Morgan fingerprint density at radius 2 is 2.32 bits per heavy atom. The lowest BCUT2D eigenvalue weighted by molar-refractivity contribution is -0.129. The molecule has 0 aromatic carbocycles. The van der Waals surface area contributed by atoms with Crippen LogP contribution in [0.25, 0.3) is 0 Å². The zero-order chi connectivity index (χ0) is 16.2. The van der Waals surface area contributed by atoms with Crippen molar-refractivity contribution in [3.8, 4) is 0 Å². The van der Waals surface area contributed by atoms with E-state index in [1.165, 1.54) is 6.26 Å². The molecule has 1 aromatic rings. The molecule has 0 radical (unpaired) electrons. The highest BCUT2D eigenvalue weighted by Gasteiger charge is 2.32. The lowest BCUT2D eigenvalue weighted by atomic mass is 10.1. The molecule has 124 valence electrons. The SMILES string of the molecule is O=C(CSCC(F)(F)F)N1CCCC1CC(O)c1ccco1. The molecule has 1 aliphatic rings. The molecule has 1 fully saturated rings. The number of amides is 1. The van der Waals surface area contributed by atoms with Gasteiger partial charge in [-0.1, -0.05) is 0 Å². The number of furan rings is 1. The normalized spacial score (nSPS) is 20.4. The third-order valence-corrected chi connectivity index (χ3v) is 4.54. The zero-order valence-electron chi connectivity index (χ0n) is 11.9. The van der Waals surface area contributed by atoms with Crippen LogP contribution in [0.5, 0.6) is 0 Å². The van der Waals surface area contributed by atoms with Crippen molar-refractivity contribution in [2.45, 2.75) is 37.6 Å². The van der Waals surface area contributed by atoms with Gasteiger partial charge < -0.3 is 14.4 Å². The average Bonchev–Trinajstić information content (AvgIpc) is 3.07. The van der Waals surface area contributed by atoms with Gasteiger partial charge in [0.05, 0.1) is 17.8 Å². The van der Waals surface area contributed by atoms with Crippen molar-refractivity contribution in [3.05, 3.63) is 24.2 Å². The van der Waals surface area contributed by atoms with Crippen LogP contribution in [0.15, 0.2) is 22.8 Å². The second-order valence-corrected chi connectivity index (χ2v) is 6.24. The number of nitrogens with zero attached hydrogens (tertiary/aromatic N) is 1. The van der Waals surface area contributed by atoms with Crippen LogP contribution < -0.4 is 0 Å².